The third-order valence-electron chi connectivity index (χ3n) is 8.98. The summed E-state index contributed by atoms with van der Waals surface area (Å²) in [4.78, 5) is 57.8. The van der Waals surface area contributed by atoms with Crippen LogP contribution in [0.25, 0.3) is 10.9 Å². The number of amides is 2. The molecule has 1 aliphatic heterocycles. The van der Waals surface area contributed by atoms with E-state index in [1.54, 1.807) is 25.0 Å². The fourth-order valence-electron chi connectivity index (χ4n) is 6.89. The van der Waals surface area contributed by atoms with Gasteiger partial charge in [-0.3, -0.25) is 19.2 Å². The first kappa shape index (κ1) is 25.5. The minimum absolute atomic E-state index is 0.0678. The maximum atomic E-state index is 13.8. The second-order valence-electron chi connectivity index (χ2n) is 11.1. The first-order chi connectivity index (χ1) is 17.8. The number of hydrogen-bond acceptors (Lipinski definition) is 5. The molecule has 1 aromatic heterocycles. The number of ketones is 2. The number of fused-ring (bicyclic) bond motifs is 2. The zero-order valence-electron chi connectivity index (χ0n) is 21.9. The SMILES string of the molecule is CCC(=O)C(CC1C(=O)CCC1C)NC(=O)C1C2CCCC2CN1C(=O)c1cc2c(OC)cccc2[nH]1. The zero-order valence-corrected chi connectivity index (χ0v) is 21.9. The van der Waals surface area contributed by atoms with Crippen molar-refractivity contribution in [3.8, 4) is 5.75 Å². The Morgan fingerprint density at radius 2 is 2.03 bits per heavy atom. The van der Waals surface area contributed by atoms with Gasteiger partial charge in [0.25, 0.3) is 5.91 Å². The van der Waals surface area contributed by atoms with E-state index >= 15 is 0 Å². The van der Waals surface area contributed by atoms with Gasteiger partial charge in [-0.1, -0.05) is 26.3 Å². The number of Topliss-reactive ketones (excluding diaryl/α,β-unsaturated/α-hetero) is 2. The number of nitrogens with zero attached hydrogens (tertiary/aromatic N) is 1. The zero-order chi connectivity index (χ0) is 26.3. The second-order valence-corrected chi connectivity index (χ2v) is 11.1. The highest BCUT2D eigenvalue weighted by molar-refractivity contribution is 6.02. The van der Waals surface area contributed by atoms with Gasteiger partial charge in [-0.25, -0.2) is 0 Å². The Labute approximate surface area is 217 Å². The number of hydrogen-bond donors (Lipinski definition) is 2. The van der Waals surface area contributed by atoms with Crippen LogP contribution in [0.1, 0.15) is 69.3 Å². The molecule has 5 rings (SSSR count). The lowest BCUT2D eigenvalue weighted by atomic mass is 9.87. The van der Waals surface area contributed by atoms with Crippen molar-refractivity contribution in [2.45, 2.75) is 70.9 Å². The first-order valence-corrected chi connectivity index (χ1v) is 13.6. The Morgan fingerprint density at radius 1 is 1.22 bits per heavy atom. The summed E-state index contributed by atoms with van der Waals surface area (Å²) in [6.07, 6.45) is 4.91. The van der Waals surface area contributed by atoms with Crippen molar-refractivity contribution < 1.29 is 23.9 Å². The van der Waals surface area contributed by atoms with Gasteiger partial charge in [0.15, 0.2) is 5.78 Å². The average Bonchev–Trinajstić information content (AvgIpc) is 3.67. The molecular weight excluding hydrogens is 470 g/mol. The lowest BCUT2D eigenvalue weighted by molar-refractivity contribution is -0.132. The maximum Gasteiger partial charge on any atom is 0.271 e. The van der Waals surface area contributed by atoms with E-state index in [9.17, 15) is 19.2 Å². The van der Waals surface area contributed by atoms with Crippen molar-refractivity contribution in [1.29, 1.82) is 0 Å². The van der Waals surface area contributed by atoms with Gasteiger partial charge in [0.2, 0.25) is 5.91 Å². The van der Waals surface area contributed by atoms with Crippen LogP contribution in [-0.4, -0.2) is 59.0 Å². The minimum atomic E-state index is -0.707. The molecule has 2 aliphatic carbocycles. The Hall–Kier alpha value is -3.16. The quantitative estimate of drug-likeness (QED) is 0.564. The van der Waals surface area contributed by atoms with E-state index < -0.39 is 12.1 Å². The number of aromatic nitrogens is 1. The highest BCUT2D eigenvalue weighted by Gasteiger charge is 2.50. The smallest absolute Gasteiger partial charge is 0.271 e. The lowest BCUT2D eigenvalue weighted by Gasteiger charge is -2.29. The van der Waals surface area contributed by atoms with Gasteiger partial charge in [-0.15, -0.1) is 0 Å². The molecule has 0 bridgehead atoms. The molecule has 0 spiro atoms. The van der Waals surface area contributed by atoms with Gasteiger partial charge in [0.1, 0.15) is 23.3 Å². The van der Waals surface area contributed by atoms with Crippen LogP contribution in [0.4, 0.5) is 0 Å². The molecule has 37 heavy (non-hydrogen) atoms. The summed E-state index contributed by atoms with van der Waals surface area (Å²) in [5.74, 6) is 0.647. The normalized spacial score (nSPS) is 27.9. The second kappa shape index (κ2) is 10.3. The van der Waals surface area contributed by atoms with Gasteiger partial charge in [-0.2, -0.15) is 0 Å². The van der Waals surface area contributed by atoms with Crippen molar-refractivity contribution in [1.82, 2.24) is 15.2 Å². The van der Waals surface area contributed by atoms with Gasteiger partial charge < -0.3 is 19.9 Å². The molecule has 2 aromatic rings. The van der Waals surface area contributed by atoms with E-state index in [1.165, 1.54) is 0 Å². The summed E-state index contributed by atoms with van der Waals surface area (Å²) < 4.78 is 5.45. The van der Waals surface area contributed by atoms with E-state index in [4.69, 9.17) is 4.74 Å². The van der Waals surface area contributed by atoms with Crippen molar-refractivity contribution >= 4 is 34.3 Å². The monoisotopic (exact) mass is 507 g/mol. The van der Waals surface area contributed by atoms with Crippen molar-refractivity contribution in [2.24, 2.45) is 23.7 Å². The highest BCUT2D eigenvalue weighted by Crippen LogP contribution is 2.43. The predicted molar refractivity (Wildman–Crippen MR) is 139 cm³/mol. The number of benzene rings is 1. The van der Waals surface area contributed by atoms with E-state index in [0.29, 0.717) is 30.8 Å². The standard InChI is InChI=1S/C29H37N3O5/c1-4-24(33)22(13-19-16(2)11-12-25(19)34)31-28(35)27-18-8-5-7-17(18)15-32(27)29(36)23-14-20-21(30-23)9-6-10-26(20)37-3/h6,9-10,14,16-19,22,27,30H,4-5,7-8,11-13,15H2,1-3H3,(H,31,35). The van der Waals surface area contributed by atoms with Crippen LogP contribution in [0.5, 0.6) is 5.75 Å². The lowest BCUT2D eigenvalue weighted by Crippen LogP contribution is -2.53. The van der Waals surface area contributed by atoms with E-state index in [-0.39, 0.29) is 53.5 Å². The van der Waals surface area contributed by atoms with Gasteiger partial charge >= 0.3 is 0 Å². The summed E-state index contributed by atoms with van der Waals surface area (Å²) in [7, 11) is 1.60. The van der Waals surface area contributed by atoms with Crippen molar-refractivity contribution in [3.05, 3.63) is 30.0 Å². The minimum Gasteiger partial charge on any atom is -0.496 e. The fourth-order valence-corrected chi connectivity index (χ4v) is 6.89. The molecule has 2 N–H and O–H groups in total. The third-order valence-corrected chi connectivity index (χ3v) is 8.98. The Kier molecular flexibility index (Phi) is 7.10. The number of nitrogens with one attached hydrogen (secondary N) is 2. The number of likely N-dealkylation sites (tertiary alicyclic amines) is 1. The molecular formula is C29H37N3O5. The van der Waals surface area contributed by atoms with Crippen molar-refractivity contribution in [3.63, 3.8) is 0 Å². The number of ether oxygens (including phenoxy) is 1. The number of carbonyl (C=O) groups is 4. The molecule has 3 aliphatic rings. The van der Waals surface area contributed by atoms with Crippen LogP contribution in [0.2, 0.25) is 0 Å². The molecule has 198 valence electrons. The molecule has 6 atom stereocenters. The number of carbonyl (C=O) groups excluding carboxylic acids is 4. The molecule has 8 heteroatoms. The number of aromatic amines is 1. The van der Waals surface area contributed by atoms with Crippen LogP contribution in [0.15, 0.2) is 24.3 Å². The number of methoxy groups -OCH3 is 1. The van der Waals surface area contributed by atoms with Crippen LogP contribution >= 0.6 is 0 Å². The van der Waals surface area contributed by atoms with E-state index in [0.717, 1.165) is 36.6 Å². The molecule has 2 saturated carbocycles. The molecule has 6 unspecified atom stereocenters. The summed E-state index contributed by atoms with van der Waals surface area (Å²) in [6, 6.07) is 6.06. The average molecular weight is 508 g/mol. The topological polar surface area (TPSA) is 109 Å². The van der Waals surface area contributed by atoms with Gasteiger partial charge in [-0.05, 0) is 61.6 Å². The van der Waals surface area contributed by atoms with Gasteiger partial charge in [0.05, 0.1) is 13.2 Å². The summed E-state index contributed by atoms with van der Waals surface area (Å²) in [5, 5.41) is 3.82. The number of H-pyrrole nitrogens is 1. The molecule has 3 fully saturated rings. The molecule has 1 saturated heterocycles. The Morgan fingerprint density at radius 3 is 2.73 bits per heavy atom. The largest absolute Gasteiger partial charge is 0.496 e. The molecule has 2 heterocycles. The summed E-state index contributed by atoms with van der Waals surface area (Å²) >= 11 is 0. The molecule has 8 nitrogen and oxygen atoms in total. The van der Waals surface area contributed by atoms with Crippen LogP contribution in [-0.2, 0) is 14.4 Å². The maximum absolute atomic E-state index is 13.8. The third kappa shape index (κ3) is 4.66. The molecule has 1 aromatic carbocycles. The van der Waals surface area contributed by atoms with Crippen LogP contribution in [0.3, 0.4) is 0 Å². The molecule has 2 amide bonds. The fraction of sp³-hybridized carbons (Fsp3) is 0.586. The summed E-state index contributed by atoms with van der Waals surface area (Å²) in [5.41, 5.74) is 1.22. The van der Waals surface area contributed by atoms with E-state index in [2.05, 4.69) is 10.3 Å². The summed E-state index contributed by atoms with van der Waals surface area (Å²) in [6.45, 7) is 4.35. The van der Waals surface area contributed by atoms with Crippen LogP contribution in [0, 0.1) is 23.7 Å². The number of rotatable bonds is 8. The molecule has 0 radical (unpaired) electrons. The van der Waals surface area contributed by atoms with Gasteiger partial charge in [0, 0.05) is 36.2 Å². The van der Waals surface area contributed by atoms with Crippen molar-refractivity contribution in [2.75, 3.05) is 13.7 Å². The van der Waals surface area contributed by atoms with Crippen LogP contribution < -0.4 is 10.1 Å². The Bertz CT molecular complexity index is 1220. The first-order valence-electron chi connectivity index (χ1n) is 13.6. The highest BCUT2D eigenvalue weighted by atomic mass is 16.5. The van der Waals surface area contributed by atoms with E-state index in [1.807, 2.05) is 25.1 Å². The predicted octanol–water partition coefficient (Wildman–Crippen LogP) is 3.89. The Balaban J connectivity index is 1.40.